The van der Waals surface area contributed by atoms with Crippen LogP contribution in [-0.4, -0.2) is 24.8 Å². The van der Waals surface area contributed by atoms with Crippen molar-refractivity contribution in [1.82, 2.24) is 5.32 Å². The molecule has 0 aliphatic carbocycles. The van der Waals surface area contributed by atoms with Gasteiger partial charge in [-0.05, 0) is 90.8 Å². The molecule has 1 heterocycles. The van der Waals surface area contributed by atoms with E-state index in [-0.39, 0.29) is 5.91 Å². The number of ether oxygens (including phenoxy) is 3. The fraction of sp³-hybridized carbons (Fsp3) is 0.172. The molecule has 0 unspecified atom stereocenters. The van der Waals surface area contributed by atoms with Gasteiger partial charge in [-0.2, -0.15) is 0 Å². The molecule has 37 heavy (non-hydrogen) atoms. The van der Waals surface area contributed by atoms with E-state index in [1.807, 2.05) is 79.7 Å². The van der Waals surface area contributed by atoms with Gasteiger partial charge in [0, 0.05) is 10.0 Å². The first-order valence-corrected chi connectivity index (χ1v) is 13.3. The zero-order chi connectivity index (χ0) is 26.2. The molecule has 1 N–H and O–H groups in total. The SMILES string of the molecule is C=CCc1cc(/C=C2/SC(=Nc3ccc(OCC)cc3)NC2=O)cc(OC)c1OCc1ccc(Br)cc1. The topological polar surface area (TPSA) is 69.2 Å². The Kier molecular flexibility index (Phi) is 9.09. The lowest BCUT2D eigenvalue weighted by atomic mass is 10.0. The Bertz CT molecular complexity index is 1340. The van der Waals surface area contributed by atoms with Crippen LogP contribution in [0.5, 0.6) is 17.2 Å². The Morgan fingerprint density at radius 3 is 2.51 bits per heavy atom. The summed E-state index contributed by atoms with van der Waals surface area (Å²) in [4.78, 5) is 17.7. The molecule has 6 nitrogen and oxygen atoms in total. The normalized spacial score (nSPS) is 15.1. The average Bonchev–Trinajstić information content (AvgIpc) is 3.23. The second kappa shape index (κ2) is 12.7. The summed E-state index contributed by atoms with van der Waals surface area (Å²) in [6, 6.07) is 19.2. The smallest absolute Gasteiger partial charge is 0.264 e. The van der Waals surface area contributed by atoms with Gasteiger partial charge in [0.1, 0.15) is 12.4 Å². The highest BCUT2D eigenvalue weighted by Crippen LogP contribution is 2.36. The van der Waals surface area contributed by atoms with E-state index in [0.29, 0.717) is 41.2 Å². The summed E-state index contributed by atoms with van der Waals surface area (Å²) in [5.41, 5.74) is 3.52. The van der Waals surface area contributed by atoms with Crippen LogP contribution in [0, 0.1) is 0 Å². The van der Waals surface area contributed by atoms with E-state index >= 15 is 0 Å². The highest BCUT2D eigenvalue weighted by atomic mass is 79.9. The molecule has 190 valence electrons. The van der Waals surface area contributed by atoms with Gasteiger partial charge in [-0.3, -0.25) is 4.79 Å². The zero-order valence-corrected chi connectivity index (χ0v) is 23.0. The molecule has 4 rings (SSSR count). The first-order chi connectivity index (χ1) is 18.0. The Morgan fingerprint density at radius 1 is 1.08 bits per heavy atom. The van der Waals surface area contributed by atoms with E-state index < -0.39 is 0 Å². The standard InChI is InChI=1S/C29H27BrN2O4S/c1-4-6-21-15-20(16-25(34-3)27(21)36-18-19-7-9-22(30)10-8-19)17-26-28(33)32-29(37-26)31-23-11-13-24(14-12-23)35-5-2/h4,7-17H,1,5-6,18H2,2-3H3,(H,31,32,33)/b26-17+. The van der Waals surface area contributed by atoms with Gasteiger partial charge < -0.3 is 19.5 Å². The third-order valence-corrected chi connectivity index (χ3v) is 6.80. The van der Waals surface area contributed by atoms with E-state index in [4.69, 9.17) is 14.2 Å². The molecule has 1 saturated heterocycles. The first-order valence-electron chi connectivity index (χ1n) is 11.7. The number of thioether (sulfide) groups is 1. The number of nitrogens with zero attached hydrogens (tertiary/aromatic N) is 1. The van der Waals surface area contributed by atoms with Crippen molar-refractivity contribution in [2.24, 2.45) is 4.99 Å². The third-order valence-electron chi connectivity index (χ3n) is 5.36. The van der Waals surface area contributed by atoms with Gasteiger partial charge in [-0.15, -0.1) is 6.58 Å². The van der Waals surface area contributed by atoms with Crippen LogP contribution < -0.4 is 19.5 Å². The van der Waals surface area contributed by atoms with Crippen LogP contribution in [-0.2, 0) is 17.8 Å². The number of amides is 1. The molecule has 0 spiro atoms. The number of carbonyl (C=O) groups excluding carboxylic acids is 1. The molecular weight excluding hydrogens is 552 g/mol. The number of hydrogen-bond donors (Lipinski definition) is 1. The van der Waals surface area contributed by atoms with E-state index in [1.54, 1.807) is 7.11 Å². The van der Waals surface area contributed by atoms with Crippen molar-refractivity contribution in [2.75, 3.05) is 13.7 Å². The van der Waals surface area contributed by atoms with Crippen molar-refractivity contribution in [3.63, 3.8) is 0 Å². The molecule has 1 aliphatic heterocycles. The maximum Gasteiger partial charge on any atom is 0.264 e. The molecule has 1 fully saturated rings. The van der Waals surface area contributed by atoms with Crippen molar-refractivity contribution in [2.45, 2.75) is 20.0 Å². The van der Waals surface area contributed by atoms with Gasteiger partial charge >= 0.3 is 0 Å². The van der Waals surface area contributed by atoms with E-state index in [1.165, 1.54) is 11.8 Å². The molecule has 3 aromatic carbocycles. The van der Waals surface area contributed by atoms with Crippen LogP contribution in [0.25, 0.3) is 6.08 Å². The molecular formula is C29H27BrN2O4S. The number of rotatable bonds is 10. The molecule has 0 bridgehead atoms. The van der Waals surface area contributed by atoms with Crippen LogP contribution >= 0.6 is 27.7 Å². The Morgan fingerprint density at radius 2 is 1.84 bits per heavy atom. The summed E-state index contributed by atoms with van der Waals surface area (Å²) in [7, 11) is 1.61. The fourth-order valence-corrected chi connectivity index (χ4v) is 4.76. The number of halogens is 1. The largest absolute Gasteiger partial charge is 0.494 e. The van der Waals surface area contributed by atoms with E-state index in [9.17, 15) is 4.79 Å². The Hall–Kier alpha value is -3.49. The average molecular weight is 580 g/mol. The van der Waals surface area contributed by atoms with Crippen LogP contribution in [0.1, 0.15) is 23.6 Å². The lowest BCUT2D eigenvalue weighted by molar-refractivity contribution is -0.115. The van der Waals surface area contributed by atoms with Crippen LogP contribution in [0.15, 0.2) is 87.7 Å². The van der Waals surface area contributed by atoms with Crippen LogP contribution in [0.2, 0.25) is 0 Å². The molecule has 0 atom stereocenters. The summed E-state index contributed by atoms with van der Waals surface area (Å²) < 4.78 is 18.3. The fourth-order valence-electron chi connectivity index (χ4n) is 3.66. The zero-order valence-electron chi connectivity index (χ0n) is 20.6. The predicted octanol–water partition coefficient (Wildman–Crippen LogP) is 7.06. The van der Waals surface area contributed by atoms with Gasteiger partial charge in [0.15, 0.2) is 16.7 Å². The van der Waals surface area contributed by atoms with Crippen LogP contribution in [0.3, 0.4) is 0 Å². The quantitative estimate of drug-likeness (QED) is 0.206. The monoisotopic (exact) mass is 578 g/mol. The van der Waals surface area contributed by atoms with Crippen molar-refractivity contribution < 1.29 is 19.0 Å². The molecule has 0 saturated carbocycles. The van der Waals surface area contributed by atoms with E-state index in [2.05, 4.69) is 32.8 Å². The second-order valence-electron chi connectivity index (χ2n) is 8.03. The van der Waals surface area contributed by atoms with Crippen molar-refractivity contribution in [3.8, 4) is 17.2 Å². The van der Waals surface area contributed by atoms with E-state index in [0.717, 1.165) is 32.6 Å². The molecule has 1 amide bonds. The second-order valence-corrected chi connectivity index (χ2v) is 9.97. The number of aliphatic imine (C=N–C) groups is 1. The highest BCUT2D eigenvalue weighted by Gasteiger charge is 2.24. The molecule has 1 aliphatic rings. The summed E-state index contributed by atoms with van der Waals surface area (Å²) in [6.45, 7) is 6.82. The number of benzene rings is 3. The van der Waals surface area contributed by atoms with Gasteiger partial charge in [-0.1, -0.05) is 34.1 Å². The minimum absolute atomic E-state index is 0.200. The van der Waals surface area contributed by atoms with Crippen molar-refractivity contribution in [1.29, 1.82) is 0 Å². The maximum atomic E-state index is 12.7. The van der Waals surface area contributed by atoms with Gasteiger partial charge in [0.25, 0.3) is 5.91 Å². The third kappa shape index (κ3) is 7.05. The molecule has 8 heteroatoms. The molecule has 0 radical (unpaired) electrons. The number of methoxy groups -OCH3 is 1. The Balaban J connectivity index is 1.55. The maximum absolute atomic E-state index is 12.7. The van der Waals surface area contributed by atoms with Gasteiger partial charge in [-0.25, -0.2) is 4.99 Å². The summed E-state index contributed by atoms with van der Waals surface area (Å²) in [6.07, 6.45) is 4.23. The summed E-state index contributed by atoms with van der Waals surface area (Å²) in [5.74, 6) is 1.84. The first kappa shape index (κ1) is 26.6. The minimum Gasteiger partial charge on any atom is -0.494 e. The van der Waals surface area contributed by atoms with Crippen molar-refractivity contribution in [3.05, 3.63) is 99.4 Å². The molecule has 0 aromatic heterocycles. The Labute approximate surface area is 229 Å². The lowest BCUT2D eigenvalue weighted by Crippen LogP contribution is -2.19. The lowest BCUT2D eigenvalue weighted by Gasteiger charge is -2.16. The highest BCUT2D eigenvalue weighted by molar-refractivity contribution is 9.10. The number of nitrogens with one attached hydrogen (secondary N) is 1. The van der Waals surface area contributed by atoms with Crippen molar-refractivity contribution >= 4 is 50.5 Å². The number of hydrogen-bond acceptors (Lipinski definition) is 6. The summed E-state index contributed by atoms with van der Waals surface area (Å²) in [5, 5.41) is 3.36. The number of allylic oxidation sites excluding steroid dienone is 1. The number of amidine groups is 1. The predicted molar refractivity (Wildman–Crippen MR) is 154 cm³/mol. The van der Waals surface area contributed by atoms with Crippen LogP contribution in [0.4, 0.5) is 5.69 Å². The molecule has 3 aromatic rings. The minimum atomic E-state index is -0.200. The summed E-state index contributed by atoms with van der Waals surface area (Å²) >= 11 is 4.74. The number of carbonyl (C=O) groups is 1. The van der Waals surface area contributed by atoms with Gasteiger partial charge in [0.05, 0.1) is 24.3 Å². The van der Waals surface area contributed by atoms with Gasteiger partial charge in [0.2, 0.25) is 0 Å².